The molecule has 1 aliphatic heterocycles. The number of hydrogen-bond donors (Lipinski definition) is 0. The van der Waals surface area contributed by atoms with Gasteiger partial charge in [-0.15, -0.1) is 0 Å². The molecule has 0 aromatic rings. The number of carbonyl (C=O) groups excluding carboxylic acids is 2. The molecular weight excluding hydrogens is 282 g/mol. The van der Waals surface area contributed by atoms with E-state index in [1.807, 2.05) is 0 Å². The van der Waals surface area contributed by atoms with Crippen molar-refractivity contribution in [2.75, 3.05) is 11.9 Å². The Morgan fingerprint density at radius 1 is 1.18 bits per heavy atom. The van der Waals surface area contributed by atoms with Crippen LogP contribution < -0.4 is 0 Å². The van der Waals surface area contributed by atoms with Crippen LogP contribution in [-0.2, 0) is 9.59 Å². The highest BCUT2D eigenvalue weighted by atomic mass is 79.9. The van der Waals surface area contributed by atoms with Gasteiger partial charge in [-0.3, -0.25) is 14.5 Å². The van der Waals surface area contributed by atoms with E-state index in [1.54, 1.807) is 0 Å². The zero-order chi connectivity index (χ0) is 13.1. The fourth-order valence-corrected chi connectivity index (χ4v) is 3.12. The fourth-order valence-electron chi connectivity index (χ4n) is 1.94. The van der Waals surface area contributed by atoms with E-state index >= 15 is 0 Å². The maximum absolute atomic E-state index is 11.9. The molecule has 2 amide bonds. The van der Waals surface area contributed by atoms with Crippen molar-refractivity contribution in [1.29, 1.82) is 0 Å². The molecule has 0 aromatic carbocycles. The molecule has 4 heteroatoms. The zero-order valence-corrected chi connectivity index (χ0v) is 12.5. The first-order chi connectivity index (χ1) is 7.86. The molecule has 0 bridgehead atoms. The minimum atomic E-state index is 0.00250. The Morgan fingerprint density at radius 3 is 2.00 bits per heavy atom. The van der Waals surface area contributed by atoms with Gasteiger partial charge in [0.05, 0.1) is 0 Å². The van der Waals surface area contributed by atoms with Crippen LogP contribution in [0.5, 0.6) is 0 Å². The lowest BCUT2D eigenvalue weighted by Gasteiger charge is -2.33. The number of halogens is 1. The monoisotopic (exact) mass is 303 g/mol. The fraction of sp³-hybridized carbons (Fsp3) is 0.846. The Morgan fingerprint density at radius 2 is 1.65 bits per heavy atom. The lowest BCUT2D eigenvalue weighted by molar-refractivity contribution is -0.144. The van der Waals surface area contributed by atoms with Gasteiger partial charge in [0.2, 0.25) is 11.8 Å². The first kappa shape index (κ1) is 14.7. The van der Waals surface area contributed by atoms with Crippen molar-refractivity contribution in [2.45, 2.75) is 46.5 Å². The first-order valence-electron chi connectivity index (χ1n) is 6.25. The van der Waals surface area contributed by atoms with E-state index in [2.05, 4.69) is 36.7 Å². The van der Waals surface area contributed by atoms with E-state index in [4.69, 9.17) is 0 Å². The number of carbonyl (C=O) groups is 2. The van der Waals surface area contributed by atoms with Crippen LogP contribution in [0.3, 0.4) is 0 Å². The predicted molar refractivity (Wildman–Crippen MR) is 71.9 cm³/mol. The number of nitrogens with zero attached hydrogens (tertiary/aromatic N) is 1. The normalized spacial score (nSPS) is 20.4. The SMILES string of the molecule is CC(C)(C)C(CBr)CN1C(=O)CCCCC1=O. The van der Waals surface area contributed by atoms with Crippen LogP contribution in [0.1, 0.15) is 46.5 Å². The summed E-state index contributed by atoms with van der Waals surface area (Å²) in [6, 6.07) is 0. The molecule has 1 rings (SSSR count). The average molecular weight is 304 g/mol. The summed E-state index contributed by atoms with van der Waals surface area (Å²) in [4.78, 5) is 25.3. The Labute approximate surface area is 112 Å². The van der Waals surface area contributed by atoms with Crippen LogP contribution in [0.15, 0.2) is 0 Å². The van der Waals surface area contributed by atoms with E-state index in [0.717, 1.165) is 18.2 Å². The predicted octanol–water partition coefficient (Wildman–Crippen LogP) is 2.97. The van der Waals surface area contributed by atoms with Crippen LogP contribution in [0.25, 0.3) is 0 Å². The topological polar surface area (TPSA) is 37.4 Å². The van der Waals surface area contributed by atoms with Gasteiger partial charge in [-0.1, -0.05) is 36.7 Å². The van der Waals surface area contributed by atoms with Crippen LogP contribution in [-0.4, -0.2) is 28.6 Å². The molecule has 1 unspecified atom stereocenters. The van der Waals surface area contributed by atoms with Gasteiger partial charge in [-0.2, -0.15) is 0 Å². The number of likely N-dealkylation sites (tertiary alicyclic amines) is 1. The molecule has 98 valence electrons. The van der Waals surface area contributed by atoms with Gasteiger partial charge < -0.3 is 0 Å². The minimum absolute atomic E-state index is 0.00250. The smallest absolute Gasteiger partial charge is 0.229 e. The molecule has 0 aromatic heterocycles. The van der Waals surface area contributed by atoms with Crippen molar-refractivity contribution in [1.82, 2.24) is 4.90 Å². The van der Waals surface area contributed by atoms with Gasteiger partial charge >= 0.3 is 0 Å². The van der Waals surface area contributed by atoms with E-state index in [9.17, 15) is 9.59 Å². The number of alkyl halides is 1. The standard InChI is InChI=1S/C13H22BrNO2/c1-13(2,3)10(8-14)9-15-11(16)6-4-5-7-12(15)17/h10H,4-9H2,1-3H3. The molecule has 1 fully saturated rings. The van der Waals surface area contributed by atoms with E-state index in [0.29, 0.717) is 25.3 Å². The summed E-state index contributed by atoms with van der Waals surface area (Å²) in [5, 5.41) is 0.813. The van der Waals surface area contributed by atoms with E-state index in [1.165, 1.54) is 4.90 Å². The van der Waals surface area contributed by atoms with Gasteiger partial charge in [0.25, 0.3) is 0 Å². The second-order valence-electron chi connectivity index (χ2n) is 5.82. The summed E-state index contributed by atoms with van der Waals surface area (Å²) >= 11 is 3.49. The molecule has 0 aliphatic carbocycles. The van der Waals surface area contributed by atoms with Crippen LogP contribution in [0.2, 0.25) is 0 Å². The van der Waals surface area contributed by atoms with E-state index < -0.39 is 0 Å². The van der Waals surface area contributed by atoms with Crippen LogP contribution in [0, 0.1) is 11.3 Å². The quantitative estimate of drug-likeness (QED) is 0.594. The van der Waals surface area contributed by atoms with Gasteiger partial charge in [-0.25, -0.2) is 0 Å². The Bertz CT molecular complexity index is 278. The Hall–Kier alpha value is -0.380. The number of rotatable bonds is 3. The van der Waals surface area contributed by atoms with Crippen molar-refractivity contribution >= 4 is 27.7 Å². The highest BCUT2D eigenvalue weighted by Crippen LogP contribution is 2.29. The first-order valence-corrected chi connectivity index (χ1v) is 7.37. The summed E-state index contributed by atoms with van der Waals surface area (Å²) in [5.41, 5.74) is 0.0936. The molecule has 1 saturated heterocycles. The van der Waals surface area contributed by atoms with Gasteiger partial charge in [0.15, 0.2) is 0 Å². The second-order valence-corrected chi connectivity index (χ2v) is 6.47. The van der Waals surface area contributed by atoms with Gasteiger partial charge in [0, 0.05) is 24.7 Å². The molecule has 0 N–H and O–H groups in total. The maximum Gasteiger partial charge on any atom is 0.229 e. The molecule has 1 atom stereocenters. The summed E-state index contributed by atoms with van der Waals surface area (Å²) < 4.78 is 0. The Balaban J connectivity index is 2.75. The van der Waals surface area contributed by atoms with Crippen molar-refractivity contribution in [3.8, 4) is 0 Å². The summed E-state index contributed by atoms with van der Waals surface area (Å²) in [6.45, 7) is 6.98. The third-order valence-electron chi connectivity index (χ3n) is 3.45. The molecule has 0 saturated carbocycles. The number of amides is 2. The third kappa shape index (κ3) is 4.09. The largest absolute Gasteiger partial charge is 0.282 e. The third-order valence-corrected chi connectivity index (χ3v) is 4.23. The summed E-state index contributed by atoms with van der Waals surface area (Å²) in [6.07, 6.45) is 2.72. The molecule has 0 radical (unpaired) electrons. The average Bonchev–Trinajstić information content (AvgIpc) is 2.37. The molecule has 17 heavy (non-hydrogen) atoms. The lowest BCUT2D eigenvalue weighted by atomic mass is 9.81. The van der Waals surface area contributed by atoms with Gasteiger partial charge in [-0.05, 0) is 24.2 Å². The molecule has 0 spiro atoms. The summed E-state index contributed by atoms with van der Waals surface area (Å²) in [7, 11) is 0. The molecule has 1 heterocycles. The highest BCUT2D eigenvalue weighted by Gasteiger charge is 2.31. The van der Waals surface area contributed by atoms with Crippen LogP contribution in [0.4, 0.5) is 0 Å². The Kier molecular flexibility index (Phi) is 5.17. The van der Waals surface area contributed by atoms with Crippen molar-refractivity contribution in [3.05, 3.63) is 0 Å². The second kappa shape index (κ2) is 5.98. The van der Waals surface area contributed by atoms with E-state index in [-0.39, 0.29) is 17.2 Å². The number of imide groups is 1. The summed E-state index contributed by atoms with van der Waals surface area (Å²) in [5.74, 6) is 0.305. The molecule has 3 nitrogen and oxygen atoms in total. The highest BCUT2D eigenvalue weighted by molar-refractivity contribution is 9.09. The van der Waals surface area contributed by atoms with Crippen molar-refractivity contribution in [3.63, 3.8) is 0 Å². The zero-order valence-electron chi connectivity index (χ0n) is 11.0. The minimum Gasteiger partial charge on any atom is -0.282 e. The molecular formula is C13H22BrNO2. The molecule has 1 aliphatic rings. The number of hydrogen-bond acceptors (Lipinski definition) is 2. The van der Waals surface area contributed by atoms with Crippen molar-refractivity contribution in [2.24, 2.45) is 11.3 Å². The van der Waals surface area contributed by atoms with Crippen LogP contribution >= 0.6 is 15.9 Å². The lowest BCUT2D eigenvalue weighted by Crippen LogP contribution is -2.42. The van der Waals surface area contributed by atoms with Gasteiger partial charge in [0.1, 0.15) is 0 Å². The van der Waals surface area contributed by atoms with Crippen molar-refractivity contribution < 1.29 is 9.59 Å². The maximum atomic E-state index is 11.9.